The topological polar surface area (TPSA) is 3.24 Å². The lowest BCUT2D eigenvalue weighted by atomic mass is 10.7. The van der Waals surface area contributed by atoms with Gasteiger partial charge in [-0.3, -0.25) is 4.90 Å². The van der Waals surface area contributed by atoms with Gasteiger partial charge in [0.25, 0.3) is 0 Å². The average molecular weight is 229 g/mol. The molecule has 0 aromatic heterocycles. The maximum Gasteiger partial charge on any atom is 0.108 e. The third kappa shape index (κ3) is 1.47. The fourth-order valence-electron chi connectivity index (χ4n) is 0.523. The van der Waals surface area contributed by atoms with Gasteiger partial charge in [0.2, 0.25) is 0 Å². The minimum atomic E-state index is 0.734. The zero-order valence-electron chi connectivity index (χ0n) is 4.22. The largest absolute Gasteiger partial charge is 0.286 e. The number of alkyl halides is 1. The first-order valence-corrected chi connectivity index (χ1v) is 4.56. The van der Waals surface area contributed by atoms with Gasteiger partial charge in [0.1, 0.15) is 3.38 Å². The SMILES string of the molecule is CN1CCSC1I. The van der Waals surface area contributed by atoms with Crippen LogP contribution in [0.15, 0.2) is 0 Å². The van der Waals surface area contributed by atoms with E-state index >= 15 is 0 Å². The van der Waals surface area contributed by atoms with Crippen molar-refractivity contribution in [3.63, 3.8) is 0 Å². The second-order valence-corrected chi connectivity index (χ2v) is 4.86. The Balaban J connectivity index is 2.33. The van der Waals surface area contributed by atoms with Crippen molar-refractivity contribution in [1.82, 2.24) is 4.90 Å². The molecule has 3 heteroatoms. The highest BCUT2D eigenvalue weighted by atomic mass is 127. The Morgan fingerprint density at radius 2 is 2.57 bits per heavy atom. The van der Waals surface area contributed by atoms with Crippen molar-refractivity contribution in [3.8, 4) is 0 Å². The van der Waals surface area contributed by atoms with Gasteiger partial charge in [0.05, 0.1) is 0 Å². The van der Waals surface area contributed by atoms with Crippen molar-refractivity contribution in [3.05, 3.63) is 0 Å². The van der Waals surface area contributed by atoms with Gasteiger partial charge in [-0.05, 0) is 7.05 Å². The molecule has 1 heterocycles. The highest BCUT2D eigenvalue weighted by molar-refractivity contribution is 14.1. The molecule has 1 saturated heterocycles. The molecule has 0 saturated carbocycles. The molecule has 1 fully saturated rings. The summed E-state index contributed by atoms with van der Waals surface area (Å²) in [7, 11) is 2.16. The van der Waals surface area contributed by atoms with Crippen molar-refractivity contribution < 1.29 is 0 Å². The van der Waals surface area contributed by atoms with Crippen LogP contribution in [0, 0.1) is 0 Å². The normalized spacial score (nSPS) is 34.3. The average Bonchev–Trinajstić information content (AvgIpc) is 1.91. The summed E-state index contributed by atoms with van der Waals surface area (Å²) in [5, 5.41) is 0. The standard InChI is InChI=1S/C4H8INS/c1-6-2-3-7-4(6)5/h4H,2-3H2,1H3. The summed E-state index contributed by atoms with van der Waals surface area (Å²) in [4.78, 5) is 2.35. The molecule has 0 spiro atoms. The van der Waals surface area contributed by atoms with E-state index in [0.717, 1.165) is 3.38 Å². The first-order valence-electron chi connectivity index (χ1n) is 2.26. The van der Waals surface area contributed by atoms with Crippen LogP contribution in [-0.4, -0.2) is 27.6 Å². The predicted molar refractivity (Wildman–Crippen MR) is 42.9 cm³/mol. The molecule has 1 aliphatic heterocycles. The fourth-order valence-corrected chi connectivity index (χ4v) is 2.51. The molecule has 0 aromatic carbocycles. The predicted octanol–water partition coefficient (Wildman–Crippen LogP) is 1.38. The molecule has 1 atom stereocenters. The Labute approximate surface area is 62.0 Å². The second kappa shape index (κ2) is 2.55. The number of thioether (sulfide) groups is 1. The molecule has 0 bridgehead atoms. The Kier molecular flexibility index (Phi) is 2.24. The number of hydrogen-bond donors (Lipinski definition) is 0. The summed E-state index contributed by atoms with van der Waals surface area (Å²) in [5.74, 6) is 1.31. The molecule has 1 rings (SSSR count). The van der Waals surface area contributed by atoms with Gasteiger partial charge in [0, 0.05) is 12.3 Å². The Morgan fingerprint density at radius 1 is 1.86 bits per heavy atom. The number of rotatable bonds is 0. The Morgan fingerprint density at radius 3 is 2.71 bits per heavy atom. The van der Waals surface area contributed by atoms with Crippen LogP contribution in [0.4, 0.5) is 0 Å². The molecular weight excluding hydrogens is 221 g/mol. The Hall–Kier alpha value is 1.04. The minimum absolute atomic E-state index is 0.734. The van der Waals surface area contributed by atoms with E-state index in [1.807, 2.05) is 11.8 Å². The first-order chi connectivity index (χ1) is 3.30. The van der Waals surface area contributed by atoms with Crippen LogP contribution in [0.3, 0.4) is 0 Å². The van der Waals surface area contributed by atoms with Crippen LogP contribution >= 0.6 is 34.4 Å². The molecule has 0 radical (unpaired) electrons. The van der Waals surface area contributed by atoms with Crippen LogP contribution in [0.2, 0.25) is 0 Å². The van der Waals surface area contributed by atoms with Gasteiger partial charge in [-0.15, -0.1) is 11.8 Å². The molecule has 1 nitrogen and oxygen atoms in total. The zero-order chi connectivity index (χ0) is 5.28. The van der Waals surface area contributed by atoms with Gasteiger partial charge in [-0.1, -0.05) is 22.6 Å². The molecule has 7 heavy (non-hydrogen) atoms. The lowest BCUT2D eigenvalue weighted by Crippen LogP contribution is -2.17. The Bertz CT molecular complexity index is 60.7. The van der Waals surface area contributed by atoms with E-state index in [-0.39, 0.29) is 0 Å². The van der Waals surface area contributed by atoms with Gasteiger partial charge >= 0.3 is 0 Å². The molecule has 0 amide bonds. The third-order valence-electron chi connectivity index (χ3n) is 1.05. The highest BCUT2D eigenvalue weighted by Crippen LogP contribution is 2.26. The van der Waals surface area contributed by atoms with Crippen LogP contribution in [0.25, 0.3) is 0 Å². The van der Waals surface area contributed by atoms with E-state index < -0.39 is 0 Å². The third-order valence-corrected chi connectivity index (χ3v) is 4.13. The summed E-state index contributed by atoms with van der Waals surface area (Å²) in [5.41, 5.74) is 0. The van der Waals surface area contributed by atoms with Crippen LogP contribution in [0.5, 0.6) is 0 Å². The van der Waals surface area contributed by atoms with Gasteiger partial charge in [-0.25, -0.2) is 0 Å². The number of hydrogen-bond acceptors (Lipinski definition) is 2. The summed E-state index contributed by atoms with van der Waals surface area (Å²) >= 11 is 4.46. The van der Waals surface area contributed by atoms with E-state index in [4.69, 9.17) is 0 Å². The van der Waals surface area contributed by atoms with Crippen molar-refractivity contribution in [2.24, 2.45) is 0 Å². The van der Waals surface area contributed by atoms with Crippen LogP contribution in [0.1, 0.15) is 0 Å². The van der Waals surface area contributed by atoms with Gasteiger partial charge in [-0.2, -0.15) is 0 Å². The molecular formula is C4H8INS. The molecule has 1 unspecified atom stereocenters. The molecule has 42 valence electrons. The molecule has 0 N–H and O–H groups in total. The summed E-state index contributed by atoms with van der Waals surface area (Å²) in [6.07, 6.45) is 0. The minimum Gasteiger partial charge on any atom is -0.286 e. The van der Waals surface area contributed by atoms with Crippen molar-refractivity contribution in [2.75, 3.05) is 19.3 Å². The lowest BCUT2D eigenvalue weighted by Gasteiger charge is -2.09. The fraction of sp³-hybridized carbons (Fsp3) is 1.00. The molecule has 1 aliphatic rings. The quantitative estimate of drug-likeness (QED) is 0.351. The summed E-state index contributed by atoms with van der Waals surface area (Å²) < 4.78 is 0.734. The lowest BCUT2D eigenvalue weighted by molar-refractivity contribution is 0.427. The smallest absolute Gasteiger partial charge is 0.108 e. The zero-order valence-corrected chi connectivity index (χ0v) is 7.20. The van der Waals surface area contributed by atoms with E-state index in [1.165, 1.54) is 12.3 Å². The van der Waals surface area contributed by atoms with Crippen molar-refractivity contribution >= 4 is 34.4 Å². The van der Waals surface area contributed by atoms with Crippen molar-refractivity contribution in [2.45, 2.75) is 3.38 Å². The van der Waals surface area contributed by atoms with E-state index in [2.05, 4.69) is 34.5 Å². The molecule has 0 aliphatic carbocycles. The second-order valence-electron chi connectivity index (χ2n) is 1.64. The van der Waals surface area contributed by atoms with Gasteiger partial charge < -0.3 is 0 Å². The summed E-state index contributed by atoms with van der Waals surface area (Å²) in [6, 6.07) is 0. The van der Waals surface area contributed by atoms with Crippen LogP contribution in [-0.2, 0) is 0 Å². The number of nitrogens with zero attached hydrogens (tertiary/aromatic N) is 1. The maximum absolute atomic E-state index is 2.45. The van der Waals surface area contributed by atoms with Crippen LogP contribution < -0.4 is 0 Å². The maximum atomic E-state index is 2.45. The van der Waals surface area contributed by atoms with E-state index in [9.17, 15) is 0 Å². The highest BCUT2D eigenvalue weighted by Gasteiger charge is 2.16. The summed E-state index contributed by atoms with van der Waals surface area (Å²) in [6.45, 7) is 1.26. The molecule has 0 aromatic rings. The monoisotopic (exact) mass is 229 g/mol. The number of halogens is 1. The van der Waals surface area contributed by atoms with E-state index in [1.54, 1.807) is 0 Å². The van der Waals surface area contributed by atoms with Gasteiger partial charge in [0.15, 0.2) is 0 Å². The van der Waals surface area contributed by atoms with Crippen molar-refractivity contribution in [1.29, 1.82) is 0 Å². The van der Waals surface area contributed by atoms with E-state index in [0.29, 0.717) is 0 Å². The first kappa shape index (κ1) is 6.16.